The topological polar surface area (TPSA) is 76.7 Å². The molecule has 2 amide bonds. The van der Waals surface area contributed by atoms with Crippen LogP contribution in [-0.2, 0) is 9.59 Å². The molecule has 25 heavy (non-hydrogen) atoms. The lowest BCUT2D eigenvalue weighted by molar-refractivity contribution is -0.128. The van der Waals surface area contributed by atoms with Crippen LogP contribution in [0.2, 0.25) is 0 Å². The summed E-state index contributed by atoms with van der Waals surface area (Å²) in [6.45, 7) is 1.70. The van der Waals surface area contributed by atoms with Gasteiger partial charge < -0.3 is 9.47 Å². The van der Waals surface area contributed by atoms with Crippen LogP contribution in [-0.4, -0.2) is 25.5 Å². The monoisotopic (exact) mass is 340 g/mol. The second-order valence-electron chi connectivity index (χ2n) is 5.20. The van der Waals surface area contributed by atoms with Gasteiger partial charge in [0.15, 0.2) is 6.61 Å². The minimum absolute atomic E-state index is 0.187. The average molecular weight is 340 g/mol. The number of carbonyl (C=O) groups is 2. The summed E-state index contributed by atoms with van der Waals surface area (Å²) in [6, 6.07) is 14.6. The van der Waals surface area contributed by atoms with Crippen molar-refractivity contribution in [2.24, 2.45) is 0 Å². The summed E-state index contributed by atoms with van der Waals surface area (Å²) >= 11 is 0. The molecule has 2 N–H and O–H groups in total. The van der Waals surface area contributed by atoms with Crippen LogP contribution in [0.25, 0.3) is 6.08 Å². The third-order valence-corrected chi connectivity index (χ3v) is 3.32. The Bertz CT molecular complexity index is 754. The fourth-order valence-corrected chi connectivity index (χ4v) is 1.96. The van der Waals surface area contributed by atoms with Crippen molar-refractivity contribution in [1.82, 2.24) is 10.9 Å². The first kappa shape index (κ1) is 18.1. The molecule has 0 saturated heterocycles. The van der Waals surface area contributed by atoms with Crippen LogP contribution in [0.1, 0.15) is 11.1 Å². The third kappa shape index (κ3) is 6.02. The molecule has 6 nitrogen and oxygen atoms in total. The fraction of sp³-hybridized carbons (Fsp3) is 0.158. The van der Waals surface area contributed by atoms with Crippen molar-refractivity contribution < 1.29 is 19.1 Å². The number of hydrogen-bond donors (Lipinski definition) is 2. The van der Waals surface area contributed by atoms with Crippen molar-refractivity contribution in [3.63, 3.8) is 0 Å². The molecule has 2 aromatic rings. The van der Waals surface area contributed by atoms with E-state index < -0.39 is 11.8 Å². The largest absolute Gasteiger partial charge is 0.497 e. The maximum atomic E-state index is 11.7. The van der Waals surface area contributed by atoms with Gasteiger partial charge in [0.25, 0.3) is 11.8 Å². The Morgan fingerprint density at radius 1 is 1.04 bits per heavy atom. The Labute approximate surface area is 146 Å². The van der Waals surface area contributed by atoms with Crippen LogP contribution >= 0.6 is 0 Å². The lowest BCUT2D eigenvalue weighted by Gasteiger charge is -2.09. The molecule has 130 valence electrons. The Balaban J connectivity index is 1.74. The first-order chi connectivity index (χ1) is 12.1. The molecule has 0 fully saturated rings. The molecule has 0 unspecified atom stereocenters. The quantitative estimate of drug-likeness (QED) is 0.625. The highest BCUT2D eigenvalue weighted by atomic mass is 16.5. The van der Waals surface area contributed by atoms with Crippen molar-refractivity contribution >= 4 is 17.9 Å². The fourth-order valence-electron chi connectivity index (χ4n) is 1.96. The van der Waals surface area contributed by atoms with E-state index in [4.69, 9.17) is 9.47 Å². The zero-order chi connectivity index (χ0) is 18.1. The summed E-state index contributed by atoms with van der Waals surface area (Å²) in [5, 5.41) is 0. The van der Waals surface area contributed by atoms with E-state index in [1.54, 1.807) is 31.4 Å². The lowest BCUT2D eigenvalue weighted by Crippen LogP contribution is -2.43. The maximum absolute atomic E-state index is 11.7. The number of carbonyl (C=O) groups excluding carboxylic acids is 2. The summed E-state index contributed by atoms with van der Waals surface area (Å²) in [5.74, 6) is 0.473. The molecule has 0 aliphatic carbocycles. The van der Waals surface area contributed by atoms with Crippen LogP contribution in [0.5, 0.6) is 11.5 Å². The van der Waals surface area contributed by atoms with Crippen LogP contribution in [0.3, 0.4) is 0 Å². The molecule has 0 bridgehead atoms. The van der Waals surface area contributed by atoms with Gasteiger partial charge in [0.05, 0.1) is 7.11 Å². The summed E-state index contributed by atoms with van der Waals surface area (Å²) < 4.78 is 10.4. The van der Waals surface area contributed by atoms with E-state index >= 15 is 0 Å². The highest BCUT2D eigenvalue weighted by Crippen LogP contribution is 2.15. The predicted octanol–water partition coefficient (Wildman–Crippen LogP) is 2.24. The molecule has 0 aliphatic heterocycles. The van der Waals surface area contributed by atoms with Gasteiger partial charge in [-0.1, -0.05) is 30.3 Å². The zero-order valence-corrected chi connectivity index (χ0v) is 14.1. The number of hydrogen-bond acceptors (Lipinski definition) is 4. The molecular weight excluding hydrogens is 320 g/mol. The molecule has 2 rings (SSSR count). The number of amides is 2. The van der Waals surface area contributed by atoms with Gasteiger partial charge in [-0.3, -0.25) is 20.4 Å². The minimum Gasteiger partial charge on any atom is -0.497 e. The van der Waals surface area contributed by atoms with Crippen LogP contribution in [0.15, 0.2) is 54.6 Å². The lowest BCUT2D eigenvalue weighted by atomic mass is 10.2. The number of ether oxygens (including phenoxy) is 2. The van der Waals surface area contributed by atoms with E-state index in [0.717, 1.165) is 16.9 Å². The van der Waals surface area contributed by atoms with Crippen LogP contribution in [0.4, 0.5) is 0 Å². The van der Waals surface area contributed by atoms with Crippen molar-refractivity contribution in [1.29, 1.82) is 0 Å². The SMILES string of the molecule is COc1ccc(/C=C/C(=O)NNC(=O)COc2ccccc2C)cc1. The molecule has 2 aromatic carbocycles. The number of methoxy groups -OCH3 is 1. The molecule has 0 atom stereocenters. The van der Waals surface area contributed by atoms with Crippen molar-refractivity contribution in [3.8, 4) is 11.5 Å². The van der Waals surface area contributed by atoms with Gasteiger partial charge in [-0.25, -0.2) is 0 Å². The van der Waals surface area contributed by atoms with Crippen molar-refractivity contribution in [3.05, 3.63) is 65.7 Å². The molecule has 0 radical (unpaired) electrons. The summed E-state index contributed by atoms with van der Waals surface area (Å²) in [6.07, 6.45) is 2.95. The van der Waals surface area contributed by atoms with Gasteiger partial charge in [0.2, 0.25) is 0 Å². The van der Waals surface area contributed by atoms with Crippen molar-refractivity contribution in [2.75, 3.05) is 13.7 Å². The van der Waals surface area contributed by atoms with E-state index in [2.05, 4.69) is 10.9 Å². The molecular formula is C19H20N2O4. The zero-order valence-electron chi connectivity index (χ0n) is 14.1. The van der Waals surface area contributed by atoms with E-state index in [1.807, 2.05) is 37.3 Å². The first-order valence-electron chi connectivity index (χ1n) is 7.68. The van der Waals surface area contributed by atoms with Gasteiger partial charge in [0.1, 0.15) is 11.5 Å². The van der Waals surface area contributed by atoms with E-state index in [1.165, 1.54) is 6.08 Å². The summed E-state index contributed by atoms with van der Waals surface area (Å²) in [4.78, 5) is 23.4. The van der Waals surface area contributed by atoms with E-state index in [0.29, 0.717) is 5.75 Å². The van der Waals surface area contributed by atoms with E-state index in [9.17, 15) is 9.59 Å². The van der Waals surface area contributed by atoms with Gasteiger partial charge in [-0.2, -0.15) is 0 Å². The molecule has 0 heterocycles. The molecule has 6 heteroatoms. The average Bonchev–Trinajstić information content (AvgIpc) is 2.64. The molecule has 0 spiro atoms. The Morgan fingerprint density at radius 2 is 1.76 bits per heavy atom. The third-order valence-electron chi connectivity index (χ3n) is 3.32. The highest BCUT2D eigenvalue weighted by molar-refractivity contribution is 5.93. The molecule has 0 saturated carbocycles. The van der Waals surface area contributed by atoms with Crippen LogP contribution < -0.4 is 20.3 Å². The number of nitrogens with one attached hydrogen (secondary N) is 2. The number of rotatable bonds is 6. The normalized spacial score (nSPS) is 10.3. The smallest absolute Gasteiger partial charge is 0.276 e. The summed E-state index contributed by atoms with van der Waals surface area (Å²) in [7, 11) is 1.59. The minimum atomic E-state index is -0.450. The van der Waals surface area contributed by atoms with Crippen LogP contribution in [0, 0.1) is 6.92 Å². The van der Waals surface area contributed by atoms with Gasteiger partial charge in [0, 0.05) is 6.08 Å². The first-order valence-corrected chi connectivity index (χ1v) is 7.68. The number of aryl methyl sites for hydroxylation is 1. The Hall–Kier alpha value is -3.28. The Morgan fingerprint density at radius 3 is 2.44 bits per heavy atom. The predicted molar refractivity (Wildman–Crippen MR) is 95.0 cm³/mol. The second kappa shape index (κ2) is 9.12. The number of hydrazine groups is 1. The van der Waals surface area contributed by atoms with Crippen molar-refractivity contribution in [2.45, 2.75) is 6.92 Å². The number of benzene rings is 2. The second-order valence-corrected chi connectivity index (χ2v) is 5.20. The Kier molecular flexibility index (Phi) is 6.59. The number of para-hydroxylation sites is 1. The van der Waals surface area contributed by atoms with E-state index in [-0.39, 0.29) is 6.61 Å². The van der Waals surface area contributed by atoms with Gasteiger partial charge >= 0.3 is 0 Å². The molecule has 0 aromatic heterocycles. The highest BCUT2D eigenvalue weighted by Gasteiger charge is 2.05. The summed E-state index contributed by atoms with van der Waals surface area (Å²) in [5.41, 5.74) is 6.36. The van der Waals surface area contributed by atoms with Gasteiger partial charge in [-0.05, 0) is 42.3 Å². The standard InChI is InChI=1S/C19H20N2O4/c1-14-5-3-4-6-17(14)25-13-19(23)21-20-18(22)12-9-15-7-10-16(24-2)11-8-15/h3-12H,13H2,1-2H3,(H,20,22)(H,21,23)/b12-9+. The maximum Gasteiger partial charge on any atom is 0.276 e. The van der Waals surface area contributed by atoms with Gasteiger partial charge in [-0.15, -0.1) is 0 Å². The molecule has 0 aliphatic rings.